The first-order chi connectivity index (χ1) is 12.8. The van der Waals surface area contributed by atoms with E-state index in [4.69, 9.17) is 4.74 Å². The van der Waals surface area contributed by atoms with Gasteiger partial charge in [0.15, 0.2) is 23.4 Å². The van der Waals surface area contributed by atoms with E-state index in [2.05, 4.69) is 5.32 Å². The van der Waals surface area contributed by atoms with Crippen LogP contribution in [-0.2, 0) is 11.3 Å². The van der Waals surface area contributed by atoms with Gasteiger partial charge in [0, 0.05) is 16.8 Å². The van der Waals surface area contributed by atoms with Gasteiger partial charge in [0.25, 0.3) is 5.91 Å². The molecule has 0 aromatic heterocycles. The molecule has 0 spiro atoms. The molecule has 0 saturated carbocycles. The molecule has 0 heterocycles. The van der Waals surface area contributed by atoms with Crippen LogP contribution in [0.15, 0.2) is 42.5 Å². The summed E-state index contributed by atoms with van der Waals surface area (Å²) in [5.74, 6) is -0.351. The van der Waals surface area contributed by atoms with Gasteiger partial charge in [-0.15, -0.1) is 0 Å². The molecule has 1 amide bonds. The van der Waals surface area contributed by atoms with Gasteiger partial charge in [-0.3, -0.25) is 9.59 Å². The van der Waals surface area contributed by atoms with Crippen LogP contribution in [0, 0.1) is 5.82 Å². The fraction of sp³-hybridized carbons (Fsp3) is 0.333. The number of ether oxygens (including phenoxy) is 1. The Morgan fingerprint density at radius 2 is 1.85 bits per heavy atom. The Labute approximate surface area is 159 Å². The SMILES string of the molecule is CC[NH+](Cc1ccc(OC)c(F)c1)[C@H](C)C(=O)Nc1ccc(C(C)=O)cc1. The van der Waals surface area contributed by atoms with E-state index in [1.54, 1.807) is 30.3 Å². The summed E-state index contributed by atoms with van der Waals surface area (Å²) in [5, 5.41) is 2.87. The van der Waals surface area contributed by atoms with Crippen LogP contribution < -0.4 is 15.0 Å². The van der Waals surface area contributed by atoms with Crippen molar-refractivity contribution >= 4 is 17.4 Å². The maximum Gasteiger partial charge on any atom is 0.282 e. The number of ketones is 1. The number of halogens is 1. The molecule has 0 radical (unpaired) electrons. The van der Waals surface area contributed by atoms with Crippen LogP contribution in [0.3, 0.4) is 0 Å². The van der Waals surface area contributed by atoms with E-state index in [0.717, 1.165) is 10.5 Å². The van der Waals surface area contributed by atoms with Gasteiger partial charge in [0.05, 0.1) is 13.7 Å². The van der Waals surface area contributed by atoms with Crippen LogP contribution in [-0.4, -0.2) is 31.4 Å². The third-order valence-electron chi connectivity index (χ3n) is 4.67. The molecule has 2 N–H and O–H groups in total. The fourth-order valence-corrected chi connectivity index (χ4v) is 2.89. The summed E-state index contributed by atoms with van der Waals surface area (Å²) in [7, 11) is 1.43. The van der Waals surface area contributed by atoms with Gasteiger partial charge in [-0.2, -0.15) is 0 Å². The van der Waals surface area contributed by atoms with E-state index >= 15 is 0 Å². The molecular formula is C21H26FN2O3+. The molecule has 0 bridgehead atoms. The Kier molecular flexibility index (Phi) is 7.07. The highest BCUT2D eigenvalue weighted by molar-refractivity contribution is 5.96. The van der Waals surface area contributed by atoms with Gasteiger partial charge in [0.1, 0.15) is 6.54 Å². The highest BCUT2D eigenvalue weighted by Crippen LogP contribution is 2.17. The number of nitrogens with one attached hydrogen (secondary N) is 2. The van der Waals surface area contributed by atoms with Crippen LogP contribution >= 0.6 is 0 Å². The lowest BCUT2D eigenvalue weighted by Gasteiger charge is -2.24. The zero-order valence-electron chi connectivity index (χ0n) is 16.1. The molecule has 2 rings (SSSR count). The normalized spacial score (nSPS) is 12.9. The number of likely N-dealkylation sites (N-methyl/N-ethyl adjacent to an activating group) is 1. The van der Waals surface area contributed by atoms with Gasteiger partial charge in [-0.05, 0) is 63.2 Å². The van der Waals surface area contributed by atoms with Gasteiger partial charge < -0.3 is 15.0 Å². The number of quaternary nitrogens is 1. The Bertz CT molecular complexity index is 806. The average Bonchev–Trinajstić information content (AvgIpc) is 2.66. The van der Waals surface area contributed by atoms with Crippen LogP contribution in [0.25, 0.3) is 0 Å². The van der Waals surface area contributed by atoms with E-state index in [-0.39, 0.29) is 23.5 Å². The van der Waals surface area contributed by atoms with E-state index in [1.807, 2.05) is 19.9 Å². The number of hydrogen-bond donors (Lipinski definition) is 2. The van der Waals surface area contributed by atoms with Crippen LogP contribution in [0.4, 0.5) is 10.1 Å². The largest absolute Gasteiger partial charge is 0.494 e. The molecule has 0 aliphatic carbocycles. The molecule has 2 aromatic carbocycles. The number of carbonyl (C=O) groups excluding carboxylic acids is 2. The molecule has 5 nitrogen and oxygen atoms in total. The van der Waals surface area contributed by atoms with Crippen LogP contribution in [0.1, 0.15) is 36.7 Å². The summed E-state index contributed by atoms with van der Waals surface area (Å²) in [5.41, 5.74) is 2.04. The van der Waals surface area contributed by atoms with Crippen molar-refractivity contribution in [3.05, 3.63) is 59.4 Å². The second-order valence-corrected chi connectivity index (χ2v) is 6.50. The molecule has 0 aliphatic rings. The second kappa shape index (κ2) is 9.28. The number of hydrogen-bond acceptors (Lipinski definition) is 3. The first kappa shape index (κ1) is 20.6. The van der Waals surface area contributed by atoms with Crippen LogP contribution in [0.2, 0.25) is 0 Å². The molecular weight excluding hydrogens is 347 g/mol. The molecule has 27 heavy (non-hydrogen) atoms. The third kappa shape index (κ3) is 5.37. The summed E-state index contributed by atoms with van der Waals surface area (Å²) < 4.78 is 18.8. The summed E-state index contributed by atoms with van der Waals surface area (Å²) in [6.45, 7) is 6.57. The summed E-state index contributed by atoms with van der Waals surface area (Å²) in [4.78, 5) is 24.9. The lowest BCUT2D eigenvalue weighted by atomic mass is 10.1. The van der Waals surface area contributed by atoms with E-state index in [1.165, 1.54) is 20.1 Å². The lowest BCUT2D eigenvalue weighted by Crippen LogP contribution is -3.15. The molecule has 0 fully saturated rings. The minimum atomic E-state index is -0.409. The zero-order valence-corrected chi connectivity index (χ0v) is 16.1. The van der Waals surface area contributed by atoms with Crippen LogP contribution in [0.5, 0.6) is 5.75 Å². The summed E-state index contributed by atoms with van der Waals surface area (Å²) in [6, 6.07) is 11.3. The van der Waals surface area contributed by atoms with Gasteiger partial charge in [-0.1, -0.05) is 0 Å². The fourth-order valence-electron chi connectivity index (χ4n) is 2.89. The lowest BCUT2D eigenvalue weighted by molar-refractivity contribution is -0.925. The minimum Gasteiger partial charge on any atom is -0.494 e. The van der Waals surface area contributed by atoms with Gasteiger partial charge in [-0.25, -0.2) is 4.39 Å². The second-order valence-electron chi connectivity index (χ2n) is 6.50. The molecule has 0 aliphatic heterocycles. The van der Waals surface area contributed by atoms with E-state index in [0.29, 0.717) is 24.3 Å². The van der Waals surface area contributed by atoms with Crippen molar-refractivity contribution in [3.63, 3.8) is 0 Å². The topological polar surface area (TPSA) is 59.8 Å². The molecule has 2 atom stereocenters. The summed E-state index contributed by atoms with van der Waals surface area (Å²) in [6.07, 6.45) is 0. The standard InChI is InChI=1S/C21H25FN2O3/c1-5-24(13-16-6-11-20(27-4)19(22)12-16)14(2)21(26)23-18-9-7-17(8-10-18)15(3)25/h6-12,14H,5,13H2,1-4H3,(H,23,26)/p+1/t14-/m1/s1. The predicted octanol–water partition coefficient (Wildman–Crippen LogP) is 2.47. The smallest absolute Gasteiger partial charge is 0.282 e. The van der Waals surface area contributed by atoms with Gasteiger partial charge >= 0.3 is 0 Å². The van der Waals surface area contributed by atoms with Crippen molar-refractivity contribution in [2.45, 2.75) is 33.4 Å². The Balaban J connectivity index is 2.04. The minimum absolute atomic E-state index is 0.0189. The molecule has 1 unspecified atom stereocenters. The van der Waals surface area contributed by atoms with Crippen molar-refractivity contribution in [1.82, 2.24) is 0 Å². The predicted molar refractivity (Wildman–Crippen MR) is 103 cm³/mol. The Morgan fingerprint density at radius 1 is 1.19 bits per heavy atom. The monoisotopic (exact) mass is 373 g/mol. The highest BCUT2D eigenvalue weighted by atomic mass is 19.1. The van der Waals surface area contributed by atoms with Crippen molar-refractivity contribution in [1.29, 1.82) is 0 Å². The number of Topliss-reactive ketones (excluding diaryl/α,β-unsaturated/α-hetero) is 1. The maximum absolute atomic E-state index is 13.9. The van der Waals surface area contributed by atoms with Crippen molar-refractivity contribution < 1.29 is 23.6 Å². The highest BCUT2D eigenvalue weighted by Gasteiger charge is 2.24. The number of benzene rings is 2. The molecule has 6 heteroatoms. The van der Waals surface area contributed by atoms with E-state index in [9.17, 15) is 14.0 Å². The number of carbonyl (C=O) groups is 2. The average molecular weight is 373 g/mol. The molecule has 2 aromatic rings. The quantitative estimate of drug-likeness (QED) is 0.699. The Hall–Kier alpha value is -2.73. The first-order valence-corrected chi connectivity index (χ1v) is 8.94. The third-order valence-corrected chi connectivity index (χ3v) is 4.67. The van der Waals surface area contributed by atoms with Crippen molar-refractivity contribution in [2.75, 3.05) is 19.0 Å². The molecule has 144 valence electrons. The number of anilines is 1. The first-order valence-electron chi connectivity index (χ1n) is 8.94. The maximum atomic E-state index is 13.9. The van der Waals surface area contributed by atoms with Gasteiger partial charge in [0.2, 0.25) is 0 Å². The number of methoxy groups -OCH3 is 1. The zero-order chi connectivity index (χ0) is 20.0. The number of rotatable bonds is 8. The Morgan fingerprint density at radius 3 is 2.37 bits per heavy atom. The summed E-state index contributed by atoms with van der Waals surface area (Å²) >= 11 is 0. The van der Waals surface area contributed by atoms with Crippen molar-refractivity contribution in [2.24, 2.45) is 0 Å². The number of amides is 1. The van der Waals surface area contributed by atoms with E-state index < -0.39 is 5.82 Å². The molecule has 0 saturated heterocycles. The van der Waals surface area contributed by atoms with Crippen molar-refractivity contribution in [3.8, 4) is 5.75 Å².